The summed E-state index contributed by atoms with van der Waals surface area (Å²) >= 11 is 0. The maximum Gasteiger partial charge on any atom is 0.148 e. The van der Waals surface area contributed by atoms with E-state index >= 15 is 0 Å². The first-order valence-electron chi connectivity index (χ1n) is 5.89. The minimum Gasteiger partial charge on any atom is -0.380 e. The minimum atomic E-state index is 0.637. The second-order valence-corrected chi connectivity index (χ2v) is 4.17. The maximum absolute atomic E-state index is 5.12. The van der Waals surface area contributed by atoms with Crippen molar-refractivity contribution >= 4 is 5.82 Å². The molecule has 2 aromatic rings. The van der Waals surface area contributed by atoms with Crippen LogP contribution < -0.4 is 5.32 Å². The molecule has 0 radical (unpaired) electrons. The van der Waals surface area contributed by atoms with Crippen LogP contribution in [0.5, 0.6) is 0 Å². The molecular weight excluding hydrogens is 226 g/mol. The molecule has 1 aromatic heterocycles. The molecule has 1 N–H and O–H groups in total. The normalized spacial score (nSPS) is 10.3. The average molecular weight is 243 g/mol. The first kappa shape index (κ1) is 12.5. The van der Waals surface area contributed by atoms with Crippen molar-refractivity contribution < 1.29 is 4.74 Å². The van der Waals surface area contributed by atoms with E-state index in [9.17, 15) is 0 Å². The van der Waals surface area contributed by atoms with Crippen molar-refractivity contribution in [2.75, 3.05) is 12.4 Å². The van der Waals surface area contributed by atoms with Crippen LogP contribution in [-0.2, 0) is 17.9 Å². The van der Waals surface area contributed by atoms with E-state index in [1.165, 1.54) is 11.1 Å². The fourth-order valence-corrected chi connectivity index (χ4v) is 1.68. The average Bonchev–Trinajstić information content (AvgIpc) is 2.39. The lowest BCUT2D eigenvalue weighted by atomic mass is 10.1. The first-order valence-corrected chi connectivity index (χ1v) is 5.89. The number of anilines is 1. The Morgan fingerprint density at radius 2 is 1.94 bits per heavy atom. The van der Waals surface area contributed by atoms with Crippen LogP contribution in [0.1, 0.15) is 16.8 Å². The highest BCUT2D eigenvalue weighted by Crippen LogP contribution is 2.09. The Hall–Kier alpha value is -1.94. The molecule has 0 amide bonds. The molecule has 94 valence electrons. The van der Waals surface area contributed by atoms with Crippen LogP contribution in [0.15, 0.2) is 36.4 Å². The van der Waals surface area contributed by atoms with Crippen molar-refractivity contribution in [3.8, 4) is 0 Å². The molecule has 0 saturated carbocycles. The summed E-state index contributed by atoms with van der Waals surface area (Å²) in [7, 11) is 1.70. The molecule has 0 spiro atoms. The summed E-state index contributed by atoms with van der Waals surface area (Å²) in [5.74, 6) is 0.790. The van der Waals surface area contributed by atoms with E-state index in [4.69, 9.17) is 4.74 Å². The summed E-state index contributed by atoms with van der Waals surface area (Å²) in [6, 6.07) is 12.2. The summed E-state index contributed by atoms with van der Waals surface area (Å²) in [5.41, 5.74) is 3.29. The van der Waals surface area contributed by atoms with Crippen LogP contribution >= 0.6 is 0 Å². The van der Waals surface area contributed by atoms with Gasteiger partial charge in [-0.05, 0) is 30.2 Å². The number of hydrogen-bond donors (Lipinski definition) is 1. The summed E-state index contributed by atoms with van der Waals surface area (Å²) < 4.78 is 5.12. The largest absolute Gasteiger partial charge is 0.380 e. The van der Waals surface area contributed by atoms with E-state index < -0.39 is 0 Å². The molecular formula is C14H17N3O. The molecule has 0 aliphatic carbocycles. The van der Waals surface area contributed by atoms with Crippen molar-refractivity contribution in [1.29, 1.82) is 0 Å². The van der Waals surface area contributed by atoms with E-state index in [1.807, 2.05) is 25.1 Å². The molecule has 4 nitrogen and oxygen atoms in total. The van der Waals surface area contributed by atoms with Gasteiger partial charge in [-0.3, -0.25) is 0 Å². The number of nitrogens with zero attached hydrogens (tertiary/aromatic N) is 2. The summed E-state index contributed by atoms with van der Waals surface area (Å²) in [6.45, 7) is 3.29. The maximum atomic E-state index is 5.12. The third-order valence-corrected chi connectivity index (χ3v) is 2.57. The van der Waals surface area contributed by atoms with Crippen LogP contribution in [0.3, 0.4) is 0 Å². The van der Waals surface area contributed by atoms with E-state index in [1.54, 1.807) is 7.11 Å². The van der Waals surface area contributed by atoms with Crippen LogP contribution in [0.2, 0.25) is 0 Å². The number of methoxy groups -OCH3 is 1. The predicted molar refractivity (Wildman–Crippen MR) is 71.3 cm³/mol. The van der Waals surface area contributed by atoms with Gasteiger partial charge in [0.15, 0.2) is 0 Å². The van der Waals surface area contributed by atoms with Gasteiger partial charge < -0.3 is 10.1 Å². The van der Waals surface area contributed by atoms with E-state index in [2.05, 4.69) is 33.7 Å². The predicted octanol–water partition coefficient (Wildman–Crippen LogP) is 2.54. The molecule has 0 aliphatic rings. The topological polar surface area (TPSA) is 47.0 Å². The van der Waals surface area contributed by atoms with E-state index in [-0.39, 0.29) is 0 Å². The first-order chi connectivity index (χ1) is 8.78. The van der Waals surface area contributed by atoms with Gasteiger partial charge in [-0.25, -0.2) is 0 Å². The third-order valence-electron chi connectivity index (χ3n) is 2.57. The van der Waals surface area contributed by atoms with Crippen LogP contribution in [0.4, 0.5) is 5.82 Å². The van der Waals surface area contributed by atoms with Crippen molar-refractivity contribution in [1.82, 2.24) is 10.2 Å². The Labute approximate surface area is 107 Å². The molecule has 0 aliphatic heterocycles. The Balaban J connectivity index is 1.97. The molecule has 0 saturated heterocycles. The van der Waals surface area contributed by atoms with Gasteiger partial charge in [-0.15, -0.1) is 5.10 Å². The van der Waals surface area contributed by atoms with E-state index in [0.29, 0.717) is 6.61 Å². The third kappa shape index (κ3) is 3.53. The zero-order valence-corrected chi connectivity index (χ0v) is 10.7. The lowest BCUT2D eigenvalue weighted by Gasteiger charge is -2.07. The second-order valence-electron chi connectivity index (χ2n) is 4.17. The van der Waals surface area contributed by atoms with Crippen molar-refractivity contribution in [2.24, 2.45) is 0 Å². The van der Waals surface area contributed by atoms with Crippen LogP contribution in [0, 0.1) is 6.92 Å². The number of aryl methyl sites for hydroxylation is 1. The number of ether oxygens (including phenoxy) is 1. The van der Waals surface area contributed by atoms with Crippen LogP contribution in [0.25, 0.3) is 0 Å². The van der Waals surface area contributed by atoms with Gasteiger partial charge in [0.1, 0.15) is 5.82 Å². The number of nitrogens with one attached hydrogen (secondary N) is 1. The SMILES string of the molecule is COCc1cccc(CNc2ccc(C)nn2)c1. The zero-order valence-electron chi connectivity index (χ0n) is 10.7. The quantitative estimate of drug-likeness (QED) is 0.876. The number of hydrogen-bond acceptors (Lipinski definition) is 4. The minimum absolute atomic E-state index is 0.637. The molecule has 18 heavy (non-hydrogen) atoms. The smallest absolute Gasteiger partial charge is 0.148 e. The summed E-state index contributed by atoms with van der Waals surface area (Å²) in [6.07, 6.45) is 0. The lowest BCUT2D eigenvalue weighted by molar-refractivity contribution is 0.185. The number of aromatic nitrogens is 2. The molecule has 2 rings (SSSR count). The summed E-state index contributed by atoms with van der Waals surface area (Å²) in [5, 5.41) is 11.3. The fourth-order valence-electron chi connectivity index (χ4n) is 1.68. The Kier molecular flexibility index (Phi) is 4.25. The van der Waals surface area contributed by atoms with E-state index in [0.717, 1.165) is 18.1 Å². The highest BCUT2D eigenvalue weighted by atomic mass is 16.5. The molecule has 1 aromatic carbocycles. The standard InChI is InChI=1S/C14H17N3O/c1-11-6-7-14(17-16-11)15-9-12-4-3-5-13(8-12)10-18-2/h3-8H,9-10H2,1-2H3,(H,15,17). The Bertz CT molecular complexity index is 497. The molecule has 4 heteroatoms. The monoisotopic (exact) mass is 243 g/mol. The Morgan fingerprint density at radius 3 is 2.67 bits per heavy atom. The van der Waals surface area contributed by atoms with Crippen molar-refractivity contribution in [2.45, 2.75) is 20.1 Å². The van der Waals surface area contributed by atoms with Crippen molar-refractivity contribution in [3.63, 3.8) is 0 Å². The van der Waals surface area contributed by atoms with Gasteiger partial charge >= 0.3 is 0 Å². The number of benzene rings is 1. The molecule has 0 fully saturated rings. The van der Waals surface area contributed by atoms with Gasteiger partial charge in [-0.2, -0.15) is 5.10 Å². The van der Waals surface area contributed by atoms with Gasteiger partial charge in [0.25, 0.3) is 0 Å². The molecule has 0 atom stereocenters. The van der Waals surface area contributed by atoms with Gasteiger partial charge in [-0.1, -0.05) is 24.3 Å². The molecule has 1 heterocycles. The van der Waals surface area contributed by atoms with Crippen LogP contribution in [-0.4, -0.2) is 17.3 Å². The second kappa shape index (κ2) is 6.12. The molecule has 0 bridgehead atoms. The molecule has 0 unspecified atom stereocenters. The highest BCUT2D eigenvalue weighted by Gasteiger charge is 1.98. The summed E-state index contributed by atoms with van der Waals surface area (Å²) in [4.78, 5) is 0. The number of rotatable bonds is 5. The Morgan fingerprint density at radius 1 is 1.11 bits per heavy atom. The fraction of sp³-hybridized carbons (Fsp3) is 0.286. The van der Waals surface area contributed by atoms with Gasteiger partial charge in [0.05, 0.1) is 12.3 Å². The van der Waals surface area contributed by atoms with Gasteiger partial charge in [0.2, 0.25) is 0 Å². The van der Waals surface area contributed by atoms with Gasteiger partial charge in [0, 0.05) is 13.7 Å². The van der Waals surface area contributed by atoms with Crippen molar-refractivity contribution in [3.05, 3.63) is 53.2 Å². The zero-order chi connectivity index (χ0) is 12.8. The lowest BCUT2D eigenvalue weighted by Crippen LogP contribution is -2.03. The highest BCUT2D eigenvalue weighted by molar-refractivity contribution is 5.35.